The third-order valence-corrected chi connectivity index (χ3v) is 3.27. The zero-order chi connectivity index (χ0) is 14.5. The van der Waals surface area contributed by atoms with Crippen LogP contribution in [0.25, 0.3) is 0 Å². The number of nitro groups is 1. The number of benzene rings is 1. The fourth-order valence-corrected chi connectivity index (χ4v) is 2.24. The number of nitrogens with zero attached hydrogens (tertiary/aromatic N) is 1. The smallest absolute Gasteiger partial charge is 0.338 e. The molecule has 108 valence electrons. The summed E-state index contributed by atoms with van der Waals surface area (Å²) >= 11 is 0. The number of carbonyl (C=O) groups excluding carboxylic acids is 1. The molecule has 0 saturated carbocycles. The van der Waals surface area contributed by atoms with Gasteiger partial charge in [0.2, 0.25) is 0 Å². The predicted octanol–water partition coefficient (Wildman–Crippen LogP) is 1.55. The van der Waals surface area contributed by atoms with Gasteiger partial charge in [-0.25, -0.2) is 4.79 Å². The van der Waals surface area contributed by atoms with Crippen LogP contribution in [0.2, 0.25) is 0 Å². The second-order valence-electron chi connectivity index (χ2n) is 4.67. The Bertz CT molecular complexity index is 512. The van der Waals surface area contributed by atoms with Crippen molar-refractivity contribution in [2.24, 2.45) is 0 Å². The van der Waals surface area contributed by atoms with Crippen molar-refractivity contribution in [3.63, 3.8) is 0 Å². The van der Waals surface area contributed by atoms with Gasteiger partial charge in [-0.15, -0.1) is 0 Å². The first-order valence-corrected chi connectivity index (χ1v) is 6.46. The Hall–Kier alpha value is -2.15. The number of rotatable bonds is 4. The maximum Gasteiger partial charge on any atom is 0.338 e. The Morgan fingerprint density at radius 2 is 2.35 bits per heavy atom. The molecular formula is C13H17N3O4. The van der Waals surface area contributed by atoms with E-state index in [1.165, 1.54) is 19.2 Å². The van der Waals surface area contributed by atoms with E-state index in [0.29, 0.717) is 5.69 Å². The highest BCUT2D eigenvalue weighted by atomic mass is 16.6. The fourth-order valence-electron chi connectivity index (χ4n) is 2.24. The summed E-state index contributed by atoms with van der Waals surface area (Å²) in [6.45, 7) is 1.75. The lowest BCUT2D eigenvalue weighted by Crippen LogP contribution is -2.38. The molecular weight excluding hydrogens is 262 g/mol. The Morgan fingerprint density at radius 1 is 1.55 bits per heavy atom. The third kappa shape index (κ3) is 3.24. The number of hydrogen-bond acceptors (Lipinski definition) is 6. The number of methoxy groups -OCH3 is 1. The molecule has 0 radical (unpaired) electrons. The number of nitro benzene ring substituents is 1. The highest BCUT2D eigenvalue weighted by Crippen LogP contribution is 2.27. The van der Waals surface area contributed by atoms with Gasteiger partial charge in [-0.1, -0.05) is 0 Å². The van der Waals surface area contributed by atoms with Crippen LogP contribution in [-0.4, -0.2) is 37.1 Å². The molecule has 1 fully saturated rings. The SMILES string of the molecule is COC(=O)c1ccc(NC2CCCNC2)c([N+](=O)[O-])c1. The van der Waals surface area contributed by atoms with Crippen molar-refractivity contribution in [1.82, 2.24) is 5.32 Å². The van der Waals surface area contributed by atoms with Gasteiger partial charge in [0.05, 0.1) is 17.6 Å². The number of anilines is 1. The summed E-state index contributed by atoms with van der Waals surface area (Å²) in [4.78, 5) is 22.0. The highest BCUT2D eigenvalue weighted by Gasteiger charge is 2.21. The Kier molecular flexibility index (Phi) is 4.52. The summed E-state index contributed by atoms with van der Waals surface area (Å²) in [5.41, 5.74) is 0.487. The second kappa shape index (κ2) is 6.33. The van der Waals surface area contributed by atoms with E-state index in [0.717, 1.165) is 25.9 Å². The average Bonchev–Trinajstić information content (AvgIpc) is 2.47. The molecule has 1 aromatic rings. The molecule has 0 bridgehead atoms. The van der Waals surface area contributed by atoms with Gasteiger partial charge >= 0.3 is 5.97 Å². The maximum atomic E-state index is 11.4. The minimum absolute atomic E-state index is 0.113. The van der Waals surface area contributed by atoms with Gasteiger partial charge in [-0.3, -0.25) is 10.1 Å². The lowest BCUT2D eigenvalue weighted by molar-refractivity contribution is -0.384. The molecule has 1 heterocycles. The van der Waals surface area contributed by atoms with Crippen LogP contribution in [0.3, 0.4) is 0 Å². The molecule has 2 N–H and O–H groups in total. The number of ether oxygens (including phenoxy) is 1. The molecule has 0 amide bonds. The van der Waals surface area contributed by atoms with E-state index in [1.54, 1.807) is 6.07 Å². The summed E-state index contributed by atoms with van der Waals surface area (Å²) in [7, 11) is 1.24. The molecule has 1 aliphatic heterocycles. The highest BCUT2D eigenvalue weighted by molar-refractivity contribution is 5.91. The van der Waals surface area contributed by atoms with Crippen LogP contribution >= 0.6 is 0 Å². The van der Waals surface area contributed by atoms with Gasteiger partial charge in [0.15, 0.2) is 0 Å². The lowest BCUT2D eigenvalue weighted by atomic mass is 10.1. The lowest BCUT2D eigenvalue weighted by Gasteiger charge is -2.24. The topological polar surface area (TPSA) is 93.5 Å². The normalized spacial score (nSPS) is 18.4. The number of piperidine rings is 1. The fraction of sp³-hybridized carbons (Fsp3) is 0.462. The minimum atomic E-state index is -0.584. The van der Waals surface area contributed by atoms with Crippen LogP contribution in [0.4, 0.5) is 11.4 Å². The summed E-state index contributed by atoms with van der Waals surface area (Å²) < 4.78 is 4.57. The van der Waals surface area contributed by atoms with E-state index >= 15 is 0 Å². The van der Waals surface area contributed by atoms with Gasteiger partial charge in [0, 0.05) is 18.7 Å². The van der Waals surface area contributed by atoms with E-state index in [2.05, 4.69) is 15.4 Å². The Morgan fingerprint density at radius 3 is 2.95 bits per heavy atom. The van der Waals surface area contributed by atoms with Crippen LogP contribution < -0.4 is 10.6 Å². The first-order valence-electron chi connectivity index (χ1n) is 6.46. The Labute approximate surface area is 116 Å². The summed E-state index contributed by atoms with van der Waals surface area (Å²) in [5, 5.41) is 17.5. The molecule has 7 heteroatoms. The maximum absolute atomic E-state index is 11.4. The van der Waals surface area contributed by atoms with Crippen LogP contribution in [0, 0.1) is 10.1 Å². The molecule has 7 nitrogen and oxygen atoms in total. The number of nitrogens with one attached hydrogen (secondary N) is 2. The van der Waals surface area contributed by atoms with Crippen LogP contribution in [-0.2, 0) is 4.74 Å². The molecule has 1 unspecified atom stereocenters. The molecule has 0 aromatic heterocycles. The van der Waals surface area contributed by atoms with Gasteiger partial charge in [0.25, 0.3) is 5.69 Å². The van der Waals surface area contributed by atoms with Crippen molar-refractivity contribution >= 4 is 17.3 Å². The number of carbonyl (C=O) groups is 1. The van der Waals surface area contributed by atoms with Crippen molar-refractivity contribution < 1.29 is 14.5 Å². The van der Waals surface area contributed by atoms with Gasteiger partial charge < -0.3 is 15.4 Å². The van der Waals surface area contributed by atoms with Crippen molar-refractivity contribution in [2.45, 2.75) is 18.9 Å². The number of esters is 1. The summed E-state index contributed by atoms with van der Waals surface area (Å²) in [6, 6.07) is 4.48. The minimum Gasteiger partial charge on any atom is -0.465 e. The second-order valence-corrected chi connectivity index (χ2v) is 4.67. The first-order chi connectivity index (χ1) is 9.61. The van der Waals surface area contributed by atoms with E-state index in [9.17, 15) is 14.9 Å². The third-order valence-electron chi connectivity index (χ3n) is 3.27. The van der Waals surface area contributed by atoms with Gasteiger partial charge in [0.1, 0.15) is 5.69 Å². The van der Waals surface area contributed by atoms with Crippen LogP contribution in [0.5, 0.6) is 0 Å². The molecule has 1 aromatic carbocycles. The molecule has 2 rings (SSSR count). The van der Waals surface area contributed by atoms with E-state index in [1.807, 2.05) is 0 Å². The molecule has 20 heavy (non-hydrogen) atoms. The quantitative estimate of drug-likeness (QED) is 0.493. The van der Waals surface area contributed by atoms with Gasteiger partial charge in [-0.2, -0.15) is 0 Å². The molecule has 0 aliphatic carbocycles. The van der Waals surface area contributed by atoms with Crippen molar-refractivity contribution in [3.05, 3.63) is 33.9 Å². The standard InChI is InChI=1S/C13H17N3O4/c1-20-13(17)9-4-5-11(12(7-9)16(18)19)15-10-3-2-6-14-8-10/h4-5,7,10,14-15H,2-3,6,8H2,1H3. The van der Waals surface area contributed by atoms with Gasteiger partial charge in [-0.05, 0) is 31.5 Å². The molecule has 0 spiro atoms. The van der Waals surface area contributed by atoms with E-state index in [4.69, 9.17) is 0 Å². The van der Waals surface area contributed by atoms with Crippen molar-refractivity contribution in [2.75, 3.05) is 25.5 Å². The first kappa shape index (κ1) is 14.3. The number of hydrogen-bond donors (Lipinski definition) is 2. The zero-order valence-electron chi connectivity index (χ0n) is 11.2. The van der Waals surface area contributed by atoms with Crippen LogP contribution in [0.15, 0.2) is 18.2 Å². The Balaban J connectivity index is 2.23. The van der Waals surface area contributed by atoms with E-state index < -0.39 is 10.9 Å². The van der Waals surface area contributed by atoms with Crippen LogP contribution in [0.1, 0.15) is 23.2 Å². The van der Waals surface area contributed by atoms with E-state index in [-0.39, 0.29) is 17.3 Å². The molecule has 1 aliphatic rings. The van der Waals surface area contributed by atoms with Crippen molar-refractivity contribution in [3.8, 4) is 0 Å². The molecule has 1 atom stereocenters. The summed E-state index contributed by atoms with van der Waals surface area (Å²) in [5.74, 6) is -0.584. The summed E-state index contributed by atoms with van der Waals surface area (Å²) in [6.07, 6.45) is 1.99. The predicted molar refractivity (Wildman–Crippen MR) is 74.0 cm³/mol. The largest absolute Gasteiger partial charge is 0.465 e. The van der Waals surface area contributed by atoms with Crippen molar-refractivity contribution in [1.29, 1.82) is 0 Å². The zero-order valence-corrected chi connectivity index (χ0v) is 11.2. The average molecular weight is 279 g/mol. The molecule has 1 saturated heterocycles. The monoisotopic (exact) mass is 279 g/mol.